The Kier molecular flexibility index (Phi) is 6.32. The summed E-state index contributed by atoms with van der Waals surface area (Å²) in [7, 11) is 1.59. The summed E-state index contributed by atoms with van der Waals surface area (Å²) in [5, 5.41) is 11.4. The number of ether oxygens (including phenoxy) is 1. The van der Waals surface area contributed by atoms with Crippen molar-refractivity contribution in [1.29, 1.82) is 0 Å². The minimum atomic E-state index is -0.672. The van der Waals surface area contributed by atoms with Crippen molar-refractivity contribution in [3.8, 4) is 0 Å². The minimum absolute atomic E-state index is 0.0982. The number of aryl methyl sites for hydroxylation is 2. The summed E-state index contributed by atoms with van der Waals surface area (Å²) in [4.78, 5) is 32.5. The molecule has 28 heavy (non-hydrogen) atoms. The molecule has 1 unspecified atom stereocenters. The Balaban J connectivity index is 2.09. The van der Waals surface area contributed by atoms with Crippen LogP contribution in [0.4, 0.5) is 0 Å². The summed E-state index contributed by atoms with van der Waals surface area (Å²) >= 11 is 4.79. The number of carbonyl (C=O) groups is 2. The number of halogens is 1. The average Bonchev–Trinajstić information content (AvgIpc) is 3.12. The maximum Gasteiger partial charge on any atom is 0.290 e. The molecule has 148 valence electrons. The standard InChI is InChI=1S/C20H21BrN2O4S/c1-11-19(28-12(2)22-11)17(24)15-16(13-7-4-5-8-14(13)21)23(9-6-10-27-3)20(26)18(15)25/h4-5,7-8,16,25H,6,9-10H2,1-3H3. The Labute approximate surface area is 176 Å². The molecule has 2 aromatic rings. The number of ketones is 1. The summed E-state index contributed by atoms with van der Waals surface area (Å²) in [6.45, 7) is 4.42. The summed E-state index contributed by atoms with van der Waals surface area (Å²) in [6, 6.07) is 6.74. The molecule has 1 aliphatic heterocycles. The number of hydrogen-bond donors (Lipinski definition) is 1. The highest BCUT2D eigenvalue weighted by Gasteiger charge is 2.44. The van der Waals surface area contributed by atoms with Crippen LogP contribution in [-0.4, -0.2) is 46.9 Å². The van der Waals surface area contributed by atoms with E-state index in [0.29, 0.717) is 30.1 Å². The number of thiazole rings is 1. The quantitative estimate of drug-likeness (QED) is 0.491. The zero-order valence-electron chi connectivity index (χ0n) is 15.9. The number of benzene rings is 1. The first-order valence-corrected chi connectivity index (χ1v) is 10.4. The number of aromatic nitrogens is 1. The number of rotatable bonds is 7. The van der Waals surface area contributed by atoms with E-state index in [-0.39, 0.29) is 11.4 Å². The molecule has 1 N–H and O–H groups in total. The van der Waals surface area contributed by atoms with Crippen molar-refractivity contribution < 1.29 is 19.4 Å². The third-order valence-corrected chi connectivity index (χ3v) is 6.40. The SMILES string of the molecule is COCCCN1C(=O)C(O)=C(C(=O)c2sc(C)nc2C)C1c1ccccc1Br. The number of carbonyl (C=O) groups excluding carboxylic acids is 2. The molecule has 1 atom stereocenters. The second-order valence-electron chi connectivity index (χ2n) is 6.51. The molecule has 8 heteroatoms. The molecule has 2 heterocycles. The minimum Gasteiger partial charge on any atom is -0.503 e. The van der Waals surface area contributed by atoms with Gasteiger partial charge in [-0.05, 0) is 31.9 Å². The molecule has 0 bridgehead atoms. The molecule has 0 aliphatic carbocycles. The van der Waals surface area contributed by atoms with Gasteiger partial charge in [0.1, 0.15) is 0 Å². The lowest BCUT2D eigenvalue weighted by Crippen LogP contribution is -2.32. The molecule has 0 saturated carbocycles. The second-order valence-corrected chi connectivity index (χ2v) is 8.57. The van der Waals surface area contributed by atoms with E-state index in [1.54, 1.807) is 14.0 Å². The number of hydrogen-bond acceptors (Lipinski definition) is 6. The van der Waals surface area contributed by atoms with Gasteiger partial charge in [0.05, 0.1) is 27.2 Å². The van der Waals surface area contributed by atoms with Gasteiger partial charge in [-0.15, -0.1) is 11.3 Å². The third kappa shape index (κ3) is 3.76. The van der Waals surface area contributed by atoms with Gasteiger partial charge in [-0.2, -0.15) is 0 Å². The highest BCUT2D eigenvalue weighted by atomic mass is 79.9. The maximum atomic E-state index is 13.3. The van der Waals surface area contributed by atoms with Gasteiger partial charge in [0.25, 0.3) is 5.91 Å². The van der Waals surface area contributed by atoms with Gasteiger partial charge < -0.3 is 14.7 Å². The first-order chi connectivity index (χ1) is 13.4. The normalized spacial score (nSPS) is 16.9. The lowest BCUT2D eigenvalue weighted by atomic mass is 9.95. The average molecular weight is 465 g/mol. The van der Waals surface area contributed by atoms with Crippen molar-refractivity contribution in [1.82, 2.24) is 9.88 Å². The lowest BCUT2D eigenvalue weighted by molar-refractivity contribution is -0.129. The fourth-order valence-corrected chi connectivity index (χ4v) is 4.76. The largest absolute Gasteiger partial charge is 0.503 e. The van der Waals surface area contributed by atoms with E-state index in [1.165, 1.54) is 16.2 Å². The van der Waals surface area contributed by atoms with E-state index in [9.17, 15) is 14.7 Å². The summed E-state index contributed by atoms with van der Waals surface area (Å²) in [5.74, 6) is -1.39. The predicted molar refractivity (Wildman–Crippen MR) is 111 cm³/mol. The van der Waals surface area contributed by atoms with Crippen LogP contribution in [0.15, 0.2) is 40.1 Å². The molecule has 1 aromatic carbocycles. The Morgan fingerprint density at radius 3 is 2.68 bits per heavy atom. The van der Waals surface area contributed by atoms with Crippen LogP contribution in [0.2, 0.25) is 0 Å². The molecular weight excluding hydrogens is 444 g/mol. The molecular formula is C20H21BrN2O4S. The molecule has 0 fully saturated rings. The second kappa shape index (κ2) is 8.55. The molecule has 0 spiro atoms. The first kappa shape index (κ1) is 20.7. The van der Waals surface area contributed by atoms with Gasteiger partial charge in [0, 0.05) is 24.7 Å². The van der Waals surface area contributed by atoms with Crippen LogP contribution in [0.1, 0.15) is 38.4 Å². The van der Waals surface area contributed by atoms with Crippen LogP contribution < -0.4 is 0 Å². The van der Waals surface area contributed by atoms with Gasteiger partial charge in [-0.3, -0.25) is 9.59 Å². The van der Waals surface area contributed by atoms with Crippen LogP contribution in [0.25, 0.3) is 0 Å². The zero-order valence-corrected chi connectivity index (χ0v) is 18.3. The number of aliphatic hydroxyl groups is 1. The van der Waals surface area contributed by atoms with Crippen LogP contribution in [-0.2, 0) is 9.53 Å². The van der Waals surface area contributed by atoms with Crippen LogP contribution >= 0.6 is 27.3 Å². The first-order valence-electron chi connectivity index (χ1n) is 8.83. The van der Waals surface area contributed by atoms with E-state index in [2.05, 4.69) is 20.9 Å². The number of amides is 1. The number of nitrogens with zero attached hydrogens (tertiary/aromatic N) is 2. The van der Waals surface area contributed by atoms with E-state index < -0.39 is 17.7 Å². The molecule has 6 nitrogen and oxygen atoms in total. The van der Waals surface area contributed by atoms with E-state index in [4.69, 9.17) is 4.74 Å². The fourth-order valence-electron chi connectivity index (χ4n) is 3.38. The highest BCUT2D eigenvalue weighted by molar-refractivity contribution is 9.10. The van der Waals surface area contributed by atoms with Crippen molar-refractivity contribution in [3.63, 3.8) is 0 Å². The third-order valence-electron chi connectivity index (χ3n) is 4.61. The van der Waals surface area contributed by atoms with E-state index in [1.807, 2.05) is 31.2 Å². The monoisotopic (exact) mass is 464 g/mol. The topological polar surface area (TPSA) is 79.7 Å². The predicted octanol–water partition coefficient (Wildman–Crippen LogP) is 4.14. The smallest absolute Gasteiger partial charge is 0.290 e. The van der Waals surface area contributed by atoms with Crippen molar-refractivity contribution in [3.05, 3.63) is 61.2 Å². The number of Topliss-reactive ketones (excluding diaryl/α,β-unsaturated/α-hetero) is 1. The fraction of sp³-hybridized carbons (Fsp3) is 0.350. The van der Waals surface area contributed by atoms with Gasteiger partial charge in [-0.25, -0.2) is 4.98 Å². The van der Waals surface area contributed by atoms with Gasteiger partial charge >= 0.3 is 0 Å². The molecule has 3 rings (SSSR count). The molecule has 1 aliphatic rings. The van der Waals surface area contributed by atoms with Crippen molar-refractivity contribution >= 4 is 39.0 Å². The number of methoxy groups -OCH3 is 1. The molecule has 0 radical (unpaired) electrons. The van der Waals surface area contributed by atoms with Gasteiger partial charge in [-0.1, -0.05) is 34.1 Å². The van der Waals surface area contributed by atoms with Crippen molar-refractivity contribution in [2.45, 2.75) is 26.3 Å². The van der Waals surface area contributed by atoms with Gasteiger partial charge in [0.15, 0.2) is 5.76 Å². The zero-order chi connectivity index (χ0) is 20.4. The van der Waals surface area contributed by atoms with Crippen molar-refractivity contribution in [2.75, 3.05) is 20.3 Å². The van der Waals surface area contributed by atoms with Gasteiger partial charge in [0.2, 0.25) is 5.78 Å². The molecule has 1 amide bonds. The molecule has 1 aromatic heterocycles. The lowest BCUT2D eigenvalue weighted by Gasteiger charge is -2.27. The van der Waals surface area contributed by atoms with Crippen LogP contribution in [0.5, 0.6) is 0 Å². The summed E-state index contributed by atoms with van der Waals surface area (Å²) in [6.07, 6.45) is 0.594. The Morgan fingerprint density at radius 1 is 1.36 bits per heavy atom. The Morgan fingerprint density at radius 2 is 2.07 bits per heavy atom. The Hall–Kier alpha value is -2.03. The summed E-state index contributed by atoms with van der Waals surface area (Å²) in [5.41, 5.74) is 1.45. The summed E-state index contributed by atoms with van der Waals surface area (Å²) < 4.78 is 5.86. The van der Waals surface area contributed by atoms with Crippen LogP contribution in [0, 0.1) is 13.8 Å². The van der Waals surface area contributed by atoms with Crippen molar-refractivity contribution in [2.24, 2.45) is 0 Å². The highest BCUT2D eigenvalue weighted by Crippen LogP contribution is 2.42. The number of aliphatic hydroxyl groups excluding tert-OH is 1. The molecule has 0 saturated heterocycles. The van der Waals surface area contributed by atoms with Crippen LogP contribution in [0.3, 0.4) is 0 Å². The maximum absolute atomic E-state index is 13.3. The van der Waals surface area contributed by atoms with E-state index in [0.717, 1.165) is 15.0 Å². The van der Waals surface area contributed by atoms with E-state index >= 15 is 0 Å². The Bertz CT molecular complexity index is 953.